The molecule has 3 atom stereocenters. The Labute approximate surface area is 330 Å². The molecular formula is C38H48N8O8S2. The molecule has 0 aromatic heterocycles. The number of alkyl carbamates (subject to hydrolysis) is 1. The number of guanidine groups is 1. The fraction of sp³-hybridized carbons (Fsp3) is 0.368. The fourth-order valence-corrected chi connectivity index (χ4v) is 7.69. The molecule has 0 spiro atoms. The molecule has 1 aliphatic heterocycles. The minimum Gasteiger partial charge on any atom is -0.445 e. The van der Waals surface area contributed by atoms with Crippen molar-refractivity contribution in [3.8, 4) is 0 Å². The smallest absolute Gasteiger partial charge is 0.408 e. The van der Waals surface area contributed by atoms with Crippen LogP contribution in [0.4, 0.5) is 4.79 Å². The molecule has 1 aliphatic rings. The van der Waals surface area contributed by atoms with Crippen molar-refractivity contribution in [2.45, 2.75) is 68.0 Å². The highest BCUT2D eigenvalue weighted by Crippen LogP contribution is 2.22. The summed E-state index contributed by atoms with van der Waals surface area (Å²) in [5.41, 5.74) is 13.7. The minimum atomic E-state index is -3.98. The Balaban J connectivity index is 1.40. The second-order valence-corrected chi connectivity index (χ2v) is 15.7. The van der Waals surface area contributed by atoms with Gasteiger partial charge < -0.3 is 37.1 Å². The number of benzene rings is 3. The van der Waals surface area contributed by atoms with E-state index in [1.807, 2.05) is 55.5 Å². The number of rotatable bonds is 19. The Morgan fingerprint density at radius 1 is 0.911 bits per heavy atom. The highest BCUT2D eigenvalue weighted by Gasteiger charge is 2.39. The summed E-state index contributed by atoms with van der Waals surface area (Å²) >= 11 is 1.44. The van der Waals surface area contributed by atoms with Gasteiger partial charge in [0.15, 0.2) is 0 Å². The number of nitrogens with zero attached hydrogens (tertiary/aromatic N) is 2. The highest BCUT2D eigenvalue weighted by molar-refractivity contribution is 7.98. The van der Waals surface area contributed by atoms with E-state index in [4.69, 9.17) is 16.2 Å². The summed E-state index contributed by atoms with van der Waals surface area (Å²) in [5, 5.41) is 7.77. The number of aryl methyl sites for hydroxylation is 1. The van der Waals surface area contributed by atoms with Crippen molar-refractivity contribution >= 4 is 57.5 Å². The summed E-state index contributed by atoms with van der Waals surface area (Å²) in [6, 6.07) is 21.7. The number of sulfonamides is 1. The summed E-state index contributed by atoms with van der Waals surface area (Å²) < 4.78 is 32.9. The SMILES string of the molecule is Cc1ccc(S(=O)(=O)NC(N)=NCCC[C@@H](NC(=O)[C@@H]2CCCN2C(=O)[C@H](CSCc2ccccc2)NC(=O)OCc2ccccc2)C(=O)NCC(N)=O)cc1. The third-order valence-corrected chi connectivity index (χ3v) is 11.1. The van der Waals surface area contributed by atoms with Gasteiger partial charge in [0.25, 0.3) is 10.0 Å². The number of likely N-dealkylation sites (tertiary alicyclic amines) is 1. The summed E-state index contributed by atoms with van der Waals surface area (Å²) in [6.45, 7) is 1.57. The van der Waals surface area contributed by atoms with E-state index >= 15 is 0 Å². The molecule has 3 aromatic rings. The maximum atomic E-state index is 14.0. The number of carbonyl (C=O) groups excluding carboxylic acids is 5. The molecule has 0 aliphatic carbocycles. The van der Waals surface area contributed by atoms with E-state index in [1.165, 1.54) is 28.8 Å². The number of nitrogens with two attached hydrogens (primary N) is 2. The van der Waals surface area contributed by atoms with Gasteiger partial charge in [-0.1, -0.05) is 78.4 Å². The van der Waals surface area contributed by atoms with Gasteiger partial charge in [-0.3, -0.25) is 24.2 Å². The monoisotopic (exact) mass is 808 g/mol. The lowest BCUT2D eigenvalue weighted by atomic mass is 10.1. The largest absolute Gasteiger partial charge is 0.445 e. The van der Waals surface area contributed by atoms with Gasteiger partial charge in [-0.2, -0.15) is 11.8 Å². The lowest BCUT2D eigenvalue weighted by Gasteiger charge is -2.29. The van der Waals surface area contributed by atoms with Crippen LogP contribution in [0.2, 0.25) is 0 Å². The number of ether oxygens (including phenoxy) is 1. The number of aliphatic imine (C=N–C) groups is 1. The molecule has 16 nitrogen and oxygen atoms in total. The van der Waals surface area contributed by atoms with Crippen molar-refractivity contribution in [2.24, 2.45) is 16.5 Å². The molecule has 0 radical (unpaired) electrons. The highest BCUT2D eigenvalue weighted by atomic mass is 32.2. The molecular weight excluding hydrogens is 761 g/mol. The lowest BCUT2D eigenvalue weighted by Crippen LogP contribution is -2.57. The summed E-state index contributed by atoms with van der Waals surface area (Å²) in [7, 11) is -3.98. The molecule has 0 bridgehead atoms. The number of carbonyl (C=O) groups is 5. The van der Waals surface area contributed by atoms with Crippen LogP contribution < -0.4 is 32.1 Å². The normalized spacial score (nSPS) is 15.3. The van der Waals surface area contributed by atoms with Crippen LogP contribution in [-0.4, -0.2) is 92.5 Å². The first-order valence-corrected chi connectivity index (χ1v) is 20.6. The van der Waals surface area contributed by atoms with Crippen LogP contribution in [0, 0.1) is 6.92 Å². The topological polar surface area (TPSA) is 244 Å². The summed E-state index contributed by atoms with van der Waals surface area (Å²) in [6.07, 6.45) is 0.205. The van der Waals surface area contributed by atoms with E-state index in [0.29, 0.717) is 18.6 Å². The predicted octanol–water partition coefficient (Wildman–Crippen LogP) is 1.67. The molecule has 4 rings (SSSR count). The molecule has 1 saturated heterocycles. The Kier molecular flexibility index (Phi) is 16.5. The van der Waals surface area contributed by atoms with Crippen molar-refractivity contribution in [3.63, 3.8) is 0 Å². The standard InChI is InChI=1S/C38H48N8O8S2/c1-26-16-18-29(19-17-26)56(52,53)45-37(40)41-20-8-14-30(34(48)42-22-33(39)47)43-35(49)32-15-9-21-46(32)36(50)31(25-55-24-28-12-6-3-7-13-28)44-38(51)54-23-27-10-4-2-5-11-27/h2-7,10-13,16-19,30-32H,8-9,14-15,20-25H2,1H3,(H2,39,47)(H,42,48)(H,43,49)(H,44,51)(H3,40,41,45)/t30-,31+,32+/m1/s1. The van der Waals surface area contributed by atoms with E-state index in [9.17, 15) is 32.4 Å². The van der Waals surface area contributed by atoms with Crippen molar-refractivity contribution in [3.05, 3.63) is 102 Å². The molecule has 0 saturated carbocycles. The van der Waals surface area contributed by atoms with Gasteiger partial charge in [0.1, 0.15) is 24.7 Å². The number of nitrogens with one attached hydrogen (secondary N) is 4. The second kappa shape index (κ2) is 21.5. The van der Waals surface area contributed by atoms with Gasteiger partial charge in [0.05, 0.1) is 11.4 Å². The lowest BCUT2D eigenvalue weighted by molar-refractivity contribution is -0.140. The first kappa shape index (κ1) is 43.1. The summed E-state index contributed by atoms with van der Waals surface area (Å²) in [5.74, 6) is -2.16. The number of hydrogen-bond acceptors (Lipinski definition) is 10. The molecule has 5 amide bonds. The number of thioether (sulfide) groups is 1. The maximum absolute atomic E-state index is 14.0. The average Bonchev–Trinajstić information content (AvgIpc) is 3.68. The van der Waals surface area contributed by atoms with Crippen molar-refractivity contribution < 1.29 is 37.1 Å². The van der Waals surface area contributed by atoms with Gasteiger partial charge in [0.2, 0.25) is 29.6 Å². The van der Waals surface area contributed by atoms with E-state index < -0.39 is 64.4 Å². The van der Waals surface area contributed by atoms with Crippen LogP contribution in [0.25, 0.3) is 0 Å². The van der Waals surface area contributed by atoms with Crippen LogP contribution in [0.5, 0.6) is 0 Å². The fourth-order valence-electron chi connectivity index (χ4n) is 5.73. The van der Waals surface area contributed by atoms with Gasteiger partial charge in [-0.05, 0) is 55.9 Å². The number of hydrogen-bond donors (Lipinski definition) is 6. The summed E-state index contributed by atoms with van der Waals surface area (Å²) in [4.78, 5) is 70.7. The Bertz CT molecular complexity index is 1930. The van der Waals surface area contributed by atoms with Gasteiger partial charge >= 0.3 is 6.09 Å². The Morgan fingerprint density at radius 2 is 1.57 bits per heavy atom. The molecule has 18 heteroatoms. The van der Waals surface area contributed by atoms with Gasteiger partial charge in [-0.25, -0.2) is 17.9 Å². The van der Waals surface area contributed by atoms with Gasteiger partial charge in [0, 0.05) is 24.6 Å². The van der Waals surface area contributed by atoms with Crippen molar-refractivity contribution in [1.82, 2.24) is 25.6 Å². The molecule has 1 fully saturated rings. The van der Waals surface area contributed by atoms with E-state index in [2.05, 4.69) is 25.7 Å². The molecule has 3 aromatic carbocycles. The minimum absolute atomic E-state index is 0.000359. The van der Waals surface area contributed by atoms with Crippen LogP contribution >= 0.6 is 11.8 Å². The van der Waals surface area contributed by atoms with Crippen LogP contribution in [-0.2, 0) is 46.3 Å². The molecule has 300 valence electrons. The zero-order chi connectivity index (χ0) is 40.5. The van der Waals surface area contributed by atoms with E-state index in [1.54, 1.807) is 24.3 Å². The zero-order valence-corrected chi connectivity index (χ0v) is 32.7. The first-order chi connectivity index (χ1) is 26.8. The van der Waals surface area contributed by atoms with Gasteiger partial charge in [-0.15, -0.1) is 0 Å². The third-order valence-electron chi connectivity index (χ3n) is 8.61. The number of amides is 5. The second-order valence-electron chi connectivity index (χ2n) is 13.0. The molecule has 1 heterocycles. The molecule has 56 heavy (non-hydrogen) atoms. The van der Waals surface area contributed by atoms with Crippen LogP contribution in [0.3, 0.4) is 0 Å². The first-order valence-electron chi connectivity index (χ1n) is 18.0. The number of primary amides is 1. The van der Waals surface area contributed by atoms with Crippen LogP contribution in [0.1, 0.15) is 42.4 Å². The average molecular weight is 809 g/mol. The molecule has 8 N–H and O–H groups in total. The zero-order valence-electron chi connectivity index (χ0n) is 31.0. The van der Waals surface area contributed by atoms with Crippen molar-refractivity contribution in [1.29, 1.82) is 0 Å². The van der Waals surface area contributed by atoms with Crippen molar-refractivity contribution in [2.75, 3.05) is 25.4 Å². The maximum Gasteiger partial charge on any atom is 0.408 e. The molecule has 0 unspecified atom stereocenters. The third kappa shape index (κ3) is 13.9. The Morgan fingerprint density at radius 3 is 2.23 bits per heavy atom. The Hall–Kier alpha value is -5.62. The van der Waals surface area contributed by atoms with E-state index in [0.717, 1.165) is 16.7 Å². The quantitative estimate of drug-likeness (QED) is 0.0581. The van der Waals surface area contributed by atoms with E-state index in [-0.39, 0.29) is 49.1 Å². The van der Waals surface area contributed by atoms with Crippen LogP contribution in [0.15, 0.2) is 94.8 Å². The predicted molar refractivity (Wildman–Crippen MR) is 212 cm³/mol.